The second-order valence-electron chi connectivity index (χ2n) is 4.99. The minimum atomic E-state index is -0.571. The molecule has 114 valence electrons. The highest BCUT2D eigenvalue weighted by molar-refractivity contribution is 5.97. The lowest BCUT2D eigenvalue weighted by atomic mass is 10.1. The van der Waals surface area contributed by atoms with Gasteiger partial charge in [0, 0.05) is 29.8 Å². The van der Waals surface area contributed by atoms with Crippen molar-refractivity contribution < 1.29 is 14.1 Å². The summed E-state index contributed by atoms with van der Waals surface area (Å²) in [5.41, 5.74) is 0.602. The molecular weight excluding hydrogens is 287 g/mol. The number of nitro benzene ring substituents is 1. The van der Waals surface area contributed by atoms with Crippen molar-refractivity contribution in [3.8, 4) is 0 Å². The largest absolute Gasteiger partial charge is 0.294 e. The fourth-order valence-corrected chi connectivity index (χ4v) is 2.10. The van der Waals surface area contributed by atoms with E-state index in [1.807, 2.05) is 6.07 Å². The van der Waals surface area contributed by atoms with E-state index in [1.165, 1.54) is 6.07 Å². The minimum Gasteiger partial charge on any atom is -0.294 e. The summed E-state index contributed by atoms with van der Waals surface area (Å²) in [7, 11) is 1.67. The Hall–Kier alpha value is -2.60. The molecule has 0 fully saturated rings. The number of Topliss-reactive ketones (excluding diaryl/α,β-unsaturated/α-hetero) is 1. The van der Waals surface area contributed by atoms with E-state index in [9.17, 15) is 19.3 Å². The summed E-state index contributed by atoms with van der Waals surface area (Å²) in [6.07, 6.45) is 0. The number of nitro groups is 1. The average molecular weight is 302 g/mol. The van der Waals surface area contributed by atoms with Crippen molar-refractivity contribution in [1.82, 2.24) is 4.90 Å². The SMILES string of the molecule is CN(CC(=O)c1ccccc1)Cc1cc([N+](=O)[O-])ccc1F. The first-order valence-electron chi connectivity index (χ1n) is 6.67. The molecule has 0 aliphatic carbocycles. The van der Waals surface area contributed by atoms with Crippen LogP contribution in [-0.4, -0.2) is 29.2 Å². The zero-order valence-electron chi connectivity index (χ0n) is 12.0. The number of carbonyl (C=O) groups is 1. The van der Waals surface area contributed by atoms with Crippen LogP contribution in [0, 0.1) is 15.9 Å². The Labute approximate surface area is 127 Å². The molecule has 0 N–H and O–H groups in total. The Bertz CT molecular complexity index is 689. The molecule has 5 nitrogen and oxygen atoms in total. The highest BCUT2D eigenvalue weighted by Crippen LogP contribution is 2.18. The zero-order valence-corrected chi connectivity index (χ0v) is 12.0. The zero-order chi connectivity index (χ0) is 16.1. The lowest BCUT2D eigenvalue weighted by Crippen LogP contribution is -2.26. The van der Waals surface area contributed by atoms with E-state index >= 15 is 0 Å². The fourth-order valence-electron chi connectivity index (χ4n) is 2.10. The number of hydrogen-bond acceptors (Lipinski definition) is 4. The van der Waals surface area contributed by atoms with Gasteiger partial charge in [0.25, 0.3) is 5.69 Å². The van der Waals surface area contributed by atoms with Crippen molar-refractivity contribution in [2.75, 3.05) is 13.6 Å². The van der Waals surface area contributed by atoms with Crippen LogP contribution in [0.15, 0.2) is 48.5 Å². The summed E-state index contributed by atoms with van der Waals surface area (Å²) in [5, 5.41) is 10.7. The Morgan fingerprint density at radius 1 is 1.23 bits per heavy atom. The van der Waals surface area contributed by atoms with E-state index < -0.39 is 10.7 Å². The number of ketones is 1. The van der Waals surface area contributed by atoms with Crippen molar-refractivity contribution in [3.05, 3.63) is 75.6 Å². The van der Waals surface area contributed by atoms with Crippen LogP contribution < -0.4 is 0 Å². The number of benzene rings is 2. The number of nitrogens with zero attached hydrogens (tertiary/aromatic N) is 2. The van der Waals surface area contributed by atoms with Gasteiger partial charge >= 0.3 is 0 Å². The molecule has 2 aromatic carbocycles. The Morgan fingerprint density at radius 3 is 2.55 bits per heavy atom. The highest BCUT2D eigenvalue weighted by Gasteiger charge is 2.14. The van der Waals surface area contributed by atoms with Crippen LogP contribution in [0.25, 0.3) is 0 Å². The van der Waals surface area contributed by atoms with E-state index in [0.717, 1.165) is 12.1 Å². The molecule has 2 rings (SSSR count). The molecule has 0 radical (unpaired) electrons. The monoisotopic (exact) mass is 302 g/mol. The smallest absolute Gasteiger partial charge is 0.269 e. The van der Waals surface area contributed by atoms with E-state index in [-0.39, 0.29) is 30.1 Å². The summed E-state index contributed by atoms with van der Waals surface area (Å²) < 4.78 is 13.7. The van der Waals surface area contributed by atoms with Gasteiger partial charge in [-0.1, -0.05) is 30.3 Å². The summed E-state index contributed by atoms with van der Waals surface area (Å²) in [5.74, 6) is -0.612. The first-order chi connectivity index (χ1) is 10.5. The van der Waals surface area contributed by atoms with Crippen molar-refractivity contribution in [3.63, 3.8) is 0 Å². The first kappa shape index (κ1) is 15.8. The number of non-ortho nitro benzene ring substituents is 1. The number of carbonyl (C=O) groups excluding carboxylic acids is 1. The molecule has 0 heterocycles. The summed E-state index contributed by atoms with van der Waals surface area (Å²) in [4.78, 5) is 23.8. The lowest BCUT2D eigenvalue weighted by Gasteiger charge is -2.16. The van der Waals surface area contributed by atoms with Crippen LogP contribution in [0.4, 0.5) is 10.1 Å². The van der Waals surface area contributed by atoms with Gasteiger partial charge in [-0.05, 0) is 13.1 Å². The predicted molar refractivity (Wildman–Crippen MR) is 80.2 cm³/mol. The van der Waals surface area contributed by atoms with Gasteiger partial charge in [-0.2, -0.15) is 0 Å². The second-order valence-corrected chi connectivity index (χ2v) is 4.99. The molecule has 0 spiro atoms. The third-order valence-electron chi connectivity index (χ3n) is 3.19. The van der Waals surface area contributed by atoms with Crippen molar-refractivity contribution in [2.24, 2.45) is 0 Å². The van der Waals surface area contributed by atoms with E-state index in [1.54, 1.807) is 36.2 Å². The second kappa shape index (κ2) is 6.91. The number of halogens is 1. The molecule has 0 atom stereocenters. The molecule has 2 aromatic rings. The Balaban J connectivity index is 2.06. The Kier molecular flexibility index (Phi) is 4.95. The summed E-state index contributed by atoms with van der Waals surface area (Å²) in [6.45, 7) is 0.220. The van der Waals surface area contributed by atoms with Gasteiger partial charge in [-0.15, -0.1) is 0 Å². The van der Waals surface area contributed by atoms with Gasteiger partial charge in [-0.25, -0.2) is 4.39 Å². The normalized spacial score (nSPS) is 10.7. The van der Waals surface area contributed by atoms with Gasteiger partial charge in [-0.3, -0.25) is 19.8 Å². The molecule has 0 aromatic heterocycles. The maximum atomic E-state index is 13.7. The number of hydrogen-bond donors (Lipinski definition) is 0. The van der Waals surface area contributed by atoms with Crippen molar-refractivity contribution in [2.45, 2.75) is 6.54 Å². The fraction of sp³-hybridized carbons (Fsp3) is 0.188. The predicted octanol–water partition coefficient (Wildman–Crippen LogP) is 3.05. The molecule has 0 unspecified atom stereocenters. The number of rotatable bonds is 6. The maximum absolute atomic E-state index is 13.7. The molecule has 6 heteroatoms. The molecule has 0 aliphatic rings. The van der Waals surface area contributed by atoms with Crippen molar-refractivity contribution >= 4 is 11.5 Å². The van der Waals surface area contributed by atoms with E-state index in [4.69, 9.17) is 0 Å². The number of likely N-dealkylation sites (N-methyl/N-ethyl adjacent to an activating group) is 1. The quantitative estimate of drug-likeness (QED) is 0.467. The van der Waals surface area contributed by atoms with Crippen LogP contribution in [0.2, 0.25) is 0 Å². The molecule has 0 saturated carbocycles. The molecule has 0 saturated heterocycles. The lowest BCUT2D eigenvalue weighted by molar-refractivity contribution is -0.385. The molecule has 22 heavy (non-hydrogen) atoms. The van der Waals surface area contributed by atoms with Gasteiger partial charge in [0.1, 0.15) is 5.82 Å². The summed E-state index contributed by atoms with van der Waals surface area (Å²) >= 11 is 0. The minimum absolute atomic E-state index is 0.0889. The van der Waals surface area contributed by atoms with Crippen LogP contribution in [0.1, 0.15) is 15.9 Å². The van der Waals surface area contributed by atoms with Gasteiger partial charge < -0.3 is 0 Å². The van der Waals surface area contributed by atoms with Gasteiger partial charge in [0.15, 0.2) is 5.78 Å². The van der Waals surface area contributed by atoms with Crippen LogP contribution >= 0.6 is 0 Å². The Morgan fingerprint density at radius 2 is 1.91 bits per heavy atom. The molecular formula is C16H15FN2O3. The first-order valence-corrected chi connectivity index (χ1v) is 6.67. The van der Waals surface area contributed by atoms with Gasteiger partial charge in [0.2, 0.25) is 0 Å². The van der Waals surface area contributed by atoms with Crippen LogP contribution in [0.5, 0.6) is 0 Å². The van der Waals surface area contributed by atoms with Crippen LogP contribution in [0.3, 0.4) is 0 Å². The highest BCUT2D eigenvalue weighted by atomic mass is 19.1. The topological polar surface area (TPSA) is 63.5 Å². The van der Waals surface area contributed by atoms with E-state index in [0.29, 0.717) is 5.56 Å². The molecule has 0 bridgehead atoms. The third kappa shape index (κ3) is 3.95. The van der Waals surface area contributed by atoms with Gasteiger partial charge in [0.05, 0.1) is 11.5 Å². The van der Waals surface area contributed by atoms with Crippen molar-refractivity contribution in [1.29, 1.82) is 0 Å². The molecule has 0 aliphatic heterocycles. The molecule has 0 amide bonds. The van der Waals surface area contributed by atoms with Crippen LogP contribution in [-0.2, 0) is 6.54 Å². The maximum Gasteiger partial charge on any atom is 0.269 e. The standard InChI is InChI=1S/C16H15FN2O3/c1-18(11-16(20)12-5-3-2-4-6-12)10-13-9-14(19(21)22)7-8-15(13)17/h2-9H,10-11H2,1H3. The third-order valence-corrected chi connectivity index (χ3v) is 3.19. The average Bonchev–Trinajstić information content (AvgIpc) is 2.50. The summed E-state index contributed by atoms with van der Waals surface area (Å²) in [6, 6.07) is 12.2. The van der Waals surface area contributed by atoms with E-state index in [2.05, 4.69) is 0 Å².